The molecule has 0 aliphatic heterocycles. The highest BCUT2D eigenvalue weighted by molar-refractivity contribution is 5.68. The number of hydrogen-bond acceptors (Lipinski definition) is 5. The SMILES string of the molecule is FCCOCCOc1ncc(/C=C/c2cccnc2)cn1. The normalized spacial score (nSPS) is 10.9. The Morgan fingerprint density at radius 3 is 2.52 bits per heavy atom. The lowest BCUT2D eigenvalue weighted by atomic mass is 10.2. The summed E-state index contributed by atoms with van der Waals surface area (Å²) in [5.74, 6) is 0. The van der Waals surface area contributed by atoms with Crippen molar-refractivity contribution in [3.8, 4) is 6.01 Å². The monoisotopic (exact) mass is 289 g/mol. The first-order chi connectivity index (χ1) is 10.4. The number of rotatable bonds is 8. The molecule has 0 radical (unpaired) electrons. The van der Waals surface area contributed by atoms with Gasteiger partial charge in [-0.15, -0.1) is 0 Å². The van der Waals surface area contributed by atoms with Gasteiger partial charge >= 0.3 is 6.01 Å². The lowest BCUT2D eigenvalue weighted by Crippen LogP contribution is -2.09. The van der Waals surface area contributed by atoms with Crippen molar-refractivity contribution in [1.82, 2.24) is 15.0 Å². The van der Waals surface area contributed by atoms with E-state index in [1.54, 1.807) is 24.8 Å². The molecule has 5 nitrogen and oxygen atoms in total. The zero-order valence-electron chi connectivity index (χ0n) is 11.5. The first-order valence-corrected chi connectivity index (χ1v) is 6.55. The Hall–Kier alpha value is -2.34. The van der Waals surface area contributed by atoms with Gasteiger partial charge in [0.2, 0.25) is 0 Å². The van der Waals surface area contributed by atoms with E-state index in [2.05, 4.69) is 15.0 Å². The molecule has 0 aliphatic carbocycles. The summed E-state index contributed by atoms with van der Waals surface area (Å²) in [5, 5.41) is 0. The molecule has 0 bridgehead atoms. The second-order valence-corrected chi connectivity index (χ2v) is 4.07. The Bertz CT molecular complexity index is 547. The third-order valence-electron chi connectivity index (χ3n) is 2.48. The van der Waals surface area contributed by atoms with Gasteiger partial charge < -0.3 is 9.47 Å². The highest BCUT2D eigenvalue weighted by Gasteiger charge is 1.97. The zero-order valence-corrected chi connectivity index (χ0v) is 11.5. The van der Waals surface area contributed by atoms with Crippen LogP contribution in [0, 0.1) is 0 Å². The molecule has 0 N–H and O–H groups in total. The van der Waals surface area contributed by atoms with Crippen LogP contribution in [0.15, 0.2) is 36.9 Å². The maximum Gasteiger partial charge on any atom is 0.316 e. The fraction of sp³-hybridized carbons (Fsp3) is 0.267. The molecule has 2 heterocycles. The summed E-state index contributed by atoms with van der Waals surface area (Å²) >= 11 is 0. The lowest BCUT2D eigenvalue weighted by molar-refractivity contribution is 0.0868. The van der Waals surface area contributed by atoms with E-state index >= 15 is 0 Å². The summed E-state index contributed by atoms with van der Waals surface area (Å²) in [5.41, 5.74) is 1.86. The Morgan fingerprint density at radius 1 is 1.00 bits per heavy atom. The summed E-state index contributed by atoms with van der Waals surface area (Å²) in [4.78, 5) is 12.2. The summed E-state index contributed by atoms with van der Waals surface area (Å²) in [6, 6.07) is 4.11. The molecule has 0 fully saturated rings. The molecule has 0 saturated heterocycles. The van der Waals surface area contributed by atoms with E-state index in [-0.39, 0.29) is 12.6 Å². The molecular formula is C15H16FN3O2. The van der Waals surface area contributed by atoms with Gasteiger partial charge in [-0.25, -0.2) is 14.4 Å². The van der Waals surface area contributed by atoms with Crippen LogP contribution < -0.4 is 4.74 Å². The Kier molecular flexibility index (Phi) is 6.28. The fourth-order valence-electron chi connectivity index (χ4n) is 1.50. The molecule has 0 aromatic carbocycles. The van der Waals surface area contributed by atoms with Crippen LogP contribution in [0.5, 0.6) is 6.01 Å². The minimum atomic E-state index is -0.492. The van der Waals surface area contributed by atoms with Crippen LogP contribution in [-0.2, 0) is 4.74 Å². The average Bonchev–Trinajstić information content (AvgIpc) is 2.55. The summed E-state index contributed by atoms with van der Waals surface area (Å²) in [7, 11) is 0. The maximum absolute atomic E-state index is 11.8. The van der Waals surface area contributed by atoms with Crippen LogP contribution in [0.2, 0.25) is 0 Å². The van der Waals surface area contributed by atoms with Gasteiger partial charge in [-0.05, 0) is 11.6 Å². The predicted octanol–water partition coefficient (Wildman–Crippen LogP) is 2.41. The number of hydrogen-bond donors (Lipinski definition) is 0. The summed E-state index contributed by atoms with van der Waals surface area (Å²) in [6.07, 6.45) is 10.6. The molecular weight excluding hydrogens is 273 g/mol. The number of ether oxygens (including phenoxy) is 2. The number of nitrogens with zero attached hydrogens (tertiary/aromatic N) is 3. The van der Waals surface area contributed by atoms with Crippen molar-refractivity contribution in [2.75, 3.05) is 26.5 Å². The molecule has 21 heavy (non-hydrogen) atoms. The smallest absolute Gasteiger partial charge is 0.316 e. The van der Waals surface area contributed by atoms with Crippen LogP contribution in [0.4, 0.5) is 4.39 Å². The third kappa shape index (κ3) is 5.66. The maximum atomic E-state index is 11.8. The summed E-state index contributed by atoms with van der Waals surface area (Å²) < 4.78 is 22.0. The minimum absolute atomic E-state index is 0.0856. The second kappa shape index (κ2) is 8.76. The highest BCUT2D eigenvalue weighted by atomic mass is 19.1. The lowest BCUT2D eigenvalue weighted by Gasteiger charge is -2.04. The first kappa shape index (κ1) is 15.1. The summed E-state index contributed by atoms with van der Waals surface area (Å²) in [6.45, 7) is 0.206. The Morgan fingerprint density at radius 2 is 1.81 bits per heavy atom. The van der Waals surface area contributed by atoms with Crippen molar-refractivity contribution in [1.29, 1.82) is 0 Å². The predicted molar refractivity (Wildman–Crippen MR) is 77.5 cm³/mol. The van der Waals surface area contributed by atoms with E-state index < -0.39 is 6.67 Å². The van der Waals surface area contributed by atoms with Crippen molar-refractivity contribution in [3.05, 3.63) is 48.0 Å². The standard InChI is InChI=1S/C15H16FN3O2/c16-5-7-20-8-9-21-15-18-11-14(12-19-15)4-3-13-2-1-6-17-10-13/h1-4,6,10-12H,5,7-9H2/b4-3+. The Balaban J connectivity index is 1.80. The number of alkyl halides is 1. The minimum Gasteiger partial charge on any atom is -0.461 e. The zero-order chi connectivity index (χ0) is 14.8. The molecule has 0 spiro atoms. The van der Waals surface area contributed by atoms with E-state index in [4.69, 9.17) is 9.47 Å². The average molecular weight is 289 g/mol. The largest absolute Gasteiger partial charge is 0.461 e. The van der Waals surface area contributed by atoms with Crippen molar-refractivity contribution in [2.24, 2.45) is 0 Å². The first-order valence-electron chi connectivity index (χ1n) is 6.55. The van der Waals surface area contributed by atoms with Crippen molar-refractivity contribution in [3.63, 3.8) is 0 Å². The van der Waals surface area contributed by atoms with Crippen molar-refractivity contribution < 1.29 is 13.9 Å². The van der Waals surface area contributed by atoms with Crippen molar-refractivity contribution >= 4 is 12.2 Å². The Labute approximate surface area is 122 Å². The third-order valence-corrected chi connectivity index (χ3v) is 2.48. The van der Waals surface area contributed by atoms with Crippen LogP contribution >= 0.6 is 0 Å². The molecule has 0 amide bonds. The van der Waals surface area contributed by atoms with E-state index in [0.717, 1.165) is 11.1 Å². The van der Waals surface area contributed by atoms with E-state index in [9.17, 15) is 4.39 Å². The van der Waals surface area contributed by atoms with Crippen LogP contribution in [0.3, 0.4) is 0 Å². The van der Waals surface area contributed by atoms with Gasteiger partial charge in [0.25, 0.3) is 0 Å². The molecule has 2 aromatic heterocycles. The molecule has 2 aromatic rings. The van der Waals surface area contributed by atoms with Crippen molar-refractivity contribution in [2.45, 2.75) is 0 Å². The molecule has 0 aliphatic rings. The van der Waals surface area contributed by atoms with Crippen LogP contribution in [-0.4, -0.2) is 41.4 Å². The second-order valence-electron chi connectivity index (χ2n) is 4.07. The molecule has 0 atom stereocenters. The van der Waals surface area contributed by atoms with E-state index in [0.29, 0.717) is 13.2 Å². The number of aromatic nitrogens is 3. The molecule has 0 unspecified atom stereocenters. The van der Waals surface area contributed by atoms with Gasteiger partial charge in [0, 0.05) is 30.4 Å². The van der Waals surface area contributed by atoms with E-state index in [1.165, 1.54) is 0 Å². The van der Waals surface area contributed by atoms with E-state index in [1.807, 2.05) is 24.3 Å². The molecule has 6 heteroatoms. The molecule has 2 rings (SSSR count). The van der Waals surface area contributed by atoms with Crippen LogP contribution in [0.25, 0.3) is 12.2 Å². The topological polar surface area (TPSA) is 57.1 Å². The molecule has 110 valence electrons. The fourth-order valence-corrected chi connectivity index (χ4v) is 1.50. The van der Waals surface area contributed by atoms with Gasteiger partial charge in [-0.1, -0.05) is 18.2 Å². The molecule has 0 saturated carbocycles. The quantitative estimate of drug-likeness (QED) is 0.698. The van der Waals surface area contributed by atoms with Gasteiger partial charge in [0.15, 0.2) is 0 Å². The number of pyridine rings is 1. The number of halogens is 1. The van der Waals surface area contributed by atoms with Gasteiger partial charge in [-0.3, -0.25) is 4.98 Å². The van der Waals surface area contributed by atoms with Gasteiger partial charge in [0.1, 0.15) is 13.3 Å². The highest BCUT2D eigenvalue weighted by Crippen LogP contribution is 2.07. The van der Waals surface area contributed by atoms with Crippen LogP contribution in [0.1, 0.15) is 11.1 Å². The van der Waals surface area contributed by atoms with Gasteiger partial charge in [0.05, 0.1) is 13.2 Å². The van der Waals surface area contributed by atoms with Gasteiger partial charge in [-0.2, -0.15) is 0 Å².